The van der Waals surface area contributed by atoms with Crippen LogP contribution in [0.5, 0.6) is 0 Å². The van der Waals surface area contributed by atoms with E-state index in [2.05, 4.69) is 5.73 Å². The Morgan fingerprint density at radius 2 is 1.14 bits per heavy atom. The summed E-state index contributed by atoms with van der Waals surface area (Å²) >= 11 is 0. The Bertz CT molecular complexity index is 151. The van der Waals surface area contributed by atoms with Gasteiger partial charge in [0.1, 0.15) is 0 Å². The molecule has 0 bridgehead atoms. The molecule has 0 rings (SSSR count). The average molecular weight is 221 g/mol. The average Bonchev–Trinajstić information content (AvgIpc) is 1.84. The summed E-state index contributed by atoms with van der Waals surface area (Å²) in [5, 5.41) is 36.8. The summed E-state index contributed by atoms with van der Waals surface area (Å²) in [7, 11) is 0. The normalized spacial score (nSPS) is 6.07. The molecule has 0 aliphatic carbocycles. The number of hydrogen-bond acceptors (Lipinski definition) is 5. The van der Waals surface area contributed by atoms with E-state index in [4.69, 9.17) is 35.1 Å². The second-order valence-electron chi connectivity index (χ2n) is 1.15. The van der Waals surface area contributed by atoms with Crippen molar-refractivity contribution >= 4 is 18.3 Å². The third-order valence-corrected chi connectivity index (χ3v) is 0.175. The molecule has 0 aromatic rings. The van der Waals surface area contributed by atoms with Gasteiger partial charge in [-0.15, -0.1) is 0 Å². The van der Waals surface area contributed by atoms with Crippen LogP contribution in [0.25, 0.3) is 0 Å². The molecular formula is C4H8NNaO8. The first kappa shape index (κ1) is 23.1. The summed E-state index contributed by atoms with van der Waals surface area (Å²) < 4.78 is 0. The number of carbonyl (C=O) groups is 3. The predicted octanol–water partition coefficient (Wildman–Crippen LogP) is -4.86. The monoisotopic (exact) mass is 221 g/mol. The molecule has 0 saturated heterocycles. The maximum absolute atomic E-state index is 9.24. The van der Waals surface area contributed by atoms with Gasteiger partial charge < -0.3 is 36.1 Å². The minimum atomic E-state index is -2.08. The Morgan fingerprint density at radius 3 is 1.14 bits per heavy atom. The van der Waals surface area contributed by atoms with Crippen molar-refractivity contribution in [2.24, 2.45) is 5.73 Å². The van der Waals surface area contributed by atoms with Gasteiger partial charge in [0.05, 0.1) is 6.54 Å². The second kappa shape index (κ2) is 17.9. The van der Waals surface area contributed by atoms with Crippen molar-refractivity contribution in [1.29, 1.82) is 0 Å². The zero-order chi connectivity index (χ0) is 11.4. The molecule has 0 aliphatic heterocycles. The van der Waals surface area contributed by atoms with Gasteiger partial charge in [-0.25, -0.2) is 4.79 Å². The van der Waals surface area contributed by atoms with Crippen LogP contribution in [0.15, 0.2) is 0 Å². The quantitative estimate of drug-likeness (QED) is 0.271. The summed E-state index contributed by atoms with van der Waals surface area (Å²) in [4.78, 5) is 26.2. The van der Waals surface area contributed by atoms with Crippen LogP contribution in [0, 0.1) is 0 Å². The molecular weight excluding hydrogens is 213 g/mol. The van der Waals surface area contributed by atoms with Crippen molar-refractivity contribution in [3.05, 3.63) is 0 Å². The molecule has 14 heavy (non-hydrogen) atoms. The molecule has 0 spiro atoms. The number of carboxylic acids is 1. The fraction of sp³-hybridized carbons (Fsp3) is 0.250. The van der Waals surface area contributed by atoms with E-state index in [1.54, 1.807) is 0 Å². The molecule has 0 aromatic carbocycles. The van der Waals surface area contributed by atoms with E-state index in [0.717, 1.165) is 0 Å². The van der Waals surface area contributed by atoms with Crippen molar-refractivity contribution in [2.45, 2.75) is 0 Å². The number of carboxylic acid groups (broad SMARTS) is 5. The molecule has 0 saturated carbocycles. The summed E-state index contributed by atoms with van der Waals surface area (Å²) in [5.41, 5.74) is 4.57. The molecule has 0 unspecified atom stereocenters. The Hall–Kier alpha value is -1.03. The number of nitrogens with two attached hydrogens (primary N) is 1. The summed E-state index contributed by atoms with van der Waals surface area (Å²) in [6.07, 6.45) is -3.92. The van der Waals surface area contributed by atoms with Crippen molar-refractivity contribution in [2.75, 3.05) is 6.54 Å². The molecule has 0 amide bonds. The minimum absolute atomic E-state index is 0. The third kappa shape index (κ3) is 1160. The van der Waals surface area contributed by atoms with E-state index in [1.165, 1.54) is 0 Å². The van der Waals surface area contributed by atoms with Crippen LogP contribution >= 0.6 is 0 Å². The van der Waals surface area contributed by atoms with Crippen molar-refractivity contribution in [1.82, 2.24) is 0 Å². The Balaban J connectivity index is -0.0000000522. The van der Waals surface area contributed by atoms with Crippen molar-refractivity contribution < 1.29 is 69.5 Å². The molecule has 9 nitrogen and oxygen atoms in total. The molecule has 0 fully saturated rings. The van der Waals surface area contributed by atoms with Gasteiger partial charge in [-0.3, -0.25) is 4.79 Å². The fourth-order valence-electron chi connectivity index (χ4n) is 0. The summed E-state index contributed by atoms with van der Waals surface area (Å²) in [5.74, 6) is -0.968. The maximum atomic E-state index is 9.24. The molecule has 6 N–H and O–H groups in total. The largest absolute Gasteiger partial charge is 1.00 e. The number of rotatable bonds is 1. The van der Waals surface area contributed by atoms with Gasteiger partial charge in [0.2, 0.25) is 6.16 Å². The van der Waals surface area contributed by atoms with Gasteiger partial charge in [-0.2, -0.15) is 0 Å². The van der Waals surface area contributed by atoms with Crippen molar-refractivity contribution in [3.8, 4) is 0 Å². The van der Waals surface area contributed by atoms with Gasteiger partial charge in [-0.05, 0) is 0 Å². The first-order valence-corrected chi connectivity index (χ1v) is 2.47. The summed E-state index contributed by atoms with van der Waals surface area (Å²) in [6, 6.07) is 0. The zero-order valence-corrected chi connectivity index (χ0v) is 9.21. The van der Waals surface area contributed by atoms with Gasteiger partial charge >= 0.3 is 41.7 Å². The van der Waals surface area contributed by atoms with Crippen LogP contribution in [-0.2, 0) is 4.79 Å². The van der Waals surface area contributed by atoms with Crippen LogP contribution in [0.3, 0.4) is 0 Å². The van der Waals surface area contributed by atoms with E-state index in [1.807, 2.05) is 0 Å². The number of hydrogen-bond donors (Lipinski definition) is 5. The molecule has 0 atom stereocenters. The molecule has 0 aromatic heterocycles. The standard InChI is InChI=1S/C2H5NO2.2CH2O3.Na/c3-1-2(4)5;2*2-1(3)4;/h1,3H2,(H,4,5);2*(H2,2,3,4);/q;;;+1/p-1. The van der Waals surface area contributed by atoms with Crippen molar-refractivity contribution in [3.63, 3.8) is 0 Å². The van der Waals surface area contributed by atoms with Crippen LogP contribution in [0.2, 0.25) is 0 Å². The van der Waals surface area contributed by atoms with Gasteiger partial charge in [0.25, 0.3) is 0 Å². The summed E-state index contributed by atoms with van der Waals surface area (Å²) in [6.45, 7) is -0.278. The number of aliphatic carboxylic acids is 1. The first-order chi connectivity index (χ1) is 5.73. The third-order valence-electron chi connectivity index (χ3n) is 0.175. The van der Waals surface area contributed by atoms with Crippen LogP contribution in [-0.4, -0.2) is 45.3 Å². The van der Waals surface area contributed by atoms with E-state index < -0.39 is 18.3 Å². The van der Waals surface area contributed by atoms with Crippen LogP contribution in [0.1, 0.15) is 0 Å². The molecule has 0 heterocycles. The molecule has 10 heteroatoms. The maximum Gasteiger partial charge on any atom is 1.00 e. The first-order valence-electron chi connectivity index (χ1n) is 2.47. The Morgan fingerprint density at radius 1 is 1.07 bits per heavy atom. The van der Waals surface area contributed by atoms with E-state index in [0.29, 0.717) is 0 Å². The van der Waals surface area contributed by atoms with E-state index in [9.17, 15) is 4.79 Å². The van der Waals surface area contributed by atoms with Gasteiger partial charge in [-0.1, -0.05) is 0 Å². The topological polar surface area (TPSA) is 181 Å². The Kier molecular flexibility index (Phi) is 29.5. The molecule has 0 radical (unpaired) electrons. The van der Waals surface area contributed by atoms with E-state index >= 15 is 0 Å². The second-order valence-corrected chi connectivity index (χ2v) is 1.15. The zero-order valence-electron chi connectivity index (χ0n) is 7.21. The van der Waals surface area contributed by atoms with Gasteiger partial charge in [0, 0.05) is 0 Å². The Labute approximate surface area is 100 Å². The molecule has 0 aliphatic rings. The SMILES string of the molecule is NCC(=O)O.O=C(O)O.O=C([O-])O.[Na+]. The minimum Gasteiger partial charge on any atom is -0.565 e. The van der Waals surface area contributed by atoms with Crippen LogP contribution < -0.4 is 40.4 Å². The van der Waals surface area contributed by atoms with E-state index in [-0.39, 0.29) is 36.1 Å². The van der Waals surface area contributed by atoms with Gasteiger partial charge in [0.15, 0.2) is 0 Å². The molecule has 78 valence electrons. The van der Waals surface area contributed by atoms with Crippen LogP contribution in [0.4, 0.5) is 9.59 Å². The smallest absolute Gasteiger partial charge is 0.565 e. The predicted molar refractivity (Wildman–Crippen MR) is 35.4 cm³/mol. The fourth-order valence-corrected chi connectivity index (χ4v) is 0.